The maximum Gasteiger partial charge on any atom is 0.200 e. The molecule has 0 aromatic rings. The van der Waals surface area contributed by atoms with E-state index in [4.69, 9.17) is 14.7 Å². The Morgan fingerprint density at radius 1 is 0.429 bits per heavy atom. The minimum Gasteiger partial charge on any atom is -0.344 e. The molecule has 0 saturated heterocycles. The van der Waals surface area contributed by atoms with Crippen molar-refractivity contribution in [3.63, 3.8) is 0 Å². The van der Waals surface area contributed by atoms with Crippen LogP contribution in [0.4, 0.5) is 0 Å². The van der Waals surface area contributed by atoms with E-state index in [9.17, 15) is 13.7 Å². The Morgan fingerprint density at radius 2 is 0.536 bits per heavy atom. The summed E-state index contributed by atoms with van der Waals surface area (Å²) in [7, 11) is -8.08. The molecule has 0 heterocycles. The fourth-order valence-electron chi connectivity index (χ4n) is 2.43. The van der Waals surface area contributed by atoms with Gasteiger partial charge in [-0.25, -0.2) is 0 Å². The quantitative estimate of drug-likeness (QED) is 0.214. The minimum absolute atomic E-state index is 0. The van der Waals surface area contributed by atoms with Gasteiger partial charge >= 0.3 is 0 Å². The number of hydrogen-bond acceptors (Lipinski definition) is 3. The Bertz CT molecular complexity index is 378. The summed E-state index contributed by atoms with van der Waals surface area (Å²) in [4.78, 5) is 27.2. The maximum atomic E-state index is 11.0. The summed E-state index contributed by atoms with van der Waals surface area (Å²) in [5, 5.41) is 0. The Balaban J connectivity index is -0.000000152. The average molecular weight is 506 g/mol. The summed E-state index contributed by atoms with van der Waals surface area (Å²) in [6.45, 7) is 11.6. The molecule has 0 fully saturated rings. The first kappa shape index (κ1) is 36.5. The largest absolute Gasteiger partial charge is 0.344 e. The molecule has 0 rings (SSSR count). The fourth-order valence-corrected chi connectivity index (χ4v) is 7.30. The van der Waals surface area contributed by atoms with Gasteiger partial charge in [0.2, 0.25) is 22.1 Å². The third kappa shape index (κ3) is 29.3. The molecule has 28 heavy (non-hydrogen) atoms. The second-order valence-corrected chi connectivity index (χ2v) is 14.6. The van der Waals surface area contributed by atoms with E-state index in [-0.39, 0.29) is 17.1 Å². The molecule has 0 aromatic heterocycles. The first-order chi connectivity index (χ1) is 12.4. The second kappa shape index (κ2) is 21.3. The van der Waals surface area contributed by atoms with Crippen LogP contribution < -0.4 is 0 Å². The van der Waals surface area contributed by atoms with Crippen LogP contribution in [-0.4, -0.2) is 51.7 Å². The van der Waals surface area contributed by atoms with Crippen molar-refractivity contribution in [2.45, 2.75) is 80.1 Å². The van der Waals surface area contributed by atoms with Crippen molar-refractivity contribution >= 4 is 22.1 Å². The predicted octanol–water partition coefficient (Wildman–Crippen LogP) is 6.23. The van der Waals surface area contributed by atoms with E-state index >= 15 is 0 Å². The molecule has 0 aromatic carbocycles. The van der Waals surface area contributed by atoms with Crippen molar-refractivity contribution in [3.8, 4) is 0 Å². The van der Waals surface area contributed by atoms with Gasteiger partial charge in [-0.05, 0) is 38.5 Å². The number of hydrogen-bond donors (Lipinski definition) is 3. The van der Waals surface area contributed by atoms with Gasteiger partial charge in [0, 0.05) is 54.0 Å². The summed E-state index contributed by atoms with van der Waals surface area (Å²) in [6.07, 6.45) is 7.80. The number of rotatable bonds is 12. The maximum absolute atomic E-state index is 11.0. The van der Waals surface area contributed by atoms with Gasteiger partial charge in [-0.15, -0.1) is 0 Å². The zero-order chi connectivity index (χ0) is 22.0. The molecule has 6 nitrogen and oxygen atoms in total. The van der Waals surface area contributed by atoms with Crippen LogP contribution >= 0.6 is 22.1 Å². The van der Waals surface area contributed by atoms with Gasteiger partial charge in [-0.3, -0.25) is 13.7 Å². The standard InChI is InChI=1S/3C6H15O2P.Fe/c3*1-3-5-9(7,8)6-4-2;/h3*3-6H2,1-2H3,(H,7,8);. The van der Waals surface area contributed by atoms with Crippen molar-refractivity contribution in [3.05, 3.63) is 0 Å². The molecule has 0 amide bonds. The van der Waals surface area contributed by atoms with E-state index in [2.05, 4.69) is 0 Å². The molecule has 0 unspecified atom stereocenters. The topological polar surface area (TPSA) is 112 Å². The zero-order valence-electron chi connectivity index (χ0n) is 18.7. The van der Waals surface area contributed by atoms with Crippen molar-refractivity contribution in [2.75, 3.05) is 37.0 Å². The molecule has 3 N–H and O–H groups in total. The molecule has 10 heteroatoms. The summed E-state index contributed by atoms with van der Waals surface area (Å²) in [5.41, 5.74) is 0. The van der Waals surface area contributed by atoms with Gasteiger partial charge in [-0.2, -0.15) is 0 Å². The van der Waals surface area contributed by atoms with Gasteiger partial charge in [0.25, 0.3) is 0 Å². The van der Waals surface area contributed by atoms with Gasteiger partial charge in [0.05, 0.1) is 0 Å². The third-order valence-corrected chi connectivity index (χ3v) is 10.3. The van der Waals surface area contributed by atoms with E-state index in [0.717, 1.165) is 38.5 Å². The predicted molar refractivity (Wildman–Crippen MR) is 120 cm³/mol. The molecule has 0 saturated carbocycles. The summed E-state index contributed by atoms with van der Waals surface area (Å²) < 4.78 is 32.9. The fraction of sp³-hybridized carbons (Fsp3) is 1.00. The second-order valence-electron chi connectivity index (χ2n) is 6.88. The molecule has 0 spiro atoms. The third-order valence-electron chi connectivity index (χ3n) is 3.44. The molecule has 0 bridgehead atoms. The van der Waals surface area contributed by atoms with Crippen LogP contribution in [0.2, 0.25) is 0 Å². The van der Waals surface area contributed by atoms with Gasteiger partial charge in [0.1, 0.15) is 0 Å². The van der Waals surface area contributed by atoms with Gasteiger partial charge in [-0.1, -0.05) is 41.5 Å². The van der Waals surface area contributed by atoms with Crippen LogP contribution in [0.15, 0.2) is 0 Å². The SMILES string of the molecule is CCCP(=O)(O)CCC.CCCP(=O)(O)CCC.CCCP(=O)(O)CCC.[Fe]. The van der Waals surface area contributed by atoms with E-state index in [0.29, 0.717) is 37.0 Å². The minimum atomic E-state index is -2.69. The molecule has 0 atom stereocenters. The van der Waals surface area contributed by atoms with E-state index in [1.165, 1.54) is 0 Å². The van der Waals surface area contributed by atoms with E-state index in [1.807, 2.05) is 41.5 Å². The van der Waals surface area contributed by atoms with Crippen LogP contribution in [-0.2, 0) is 30.8 Å². The molecule has 0 radical (unpaired) electrons. The van der Waals surface area contributed by atoms with Crippen LogP contribution in [0, 0.1) is 0 Å². The van der Waals surface area contributed by atoms with Crippen molar-refractivity contribution in [2.24, 2.45) is 0 Å². The van der Waals surface area contributed by atoms with Crippen LogP contribution in [0.3, 0.4) is 0 Å². The normalized spacial score (nSPS) is 11.5. The van der Waals surface area contributed by atoms with Crippen molar-refractivity contribution in [1.82, 2.24) is 0 Å². The molecule has 0 aliphatic carbocycles. The Morgan fingerprint density at radius 3 is 0.607 bits per heavy atom. The van der Waals surface area contributed by atoms with E-state index in [1.54, 1.807) is 0 Å². The summed E-state index contributed by atoms with van der Waals surface area (Å²) in [6, 6.07) is 0. The Hall–Kier alpha value is 1.09. The summed E-state index contributed by atoms with van der Waals surface area (Å²) in [5.74, 6) is 0. The zero-order valence-corrected chi connectivity index (χ0v) is 22.5. The smallest absolute Gasteiger partial charge is 0.200 e. The Kier molecular flexibility index (Phi) is 27.8. The van der Waals surface area contributed by atoms with Gasteiger partial charge < -0.3 is 14.7 Å². The van der Waals surface area contributed by atoms with Crippen molar-refractivity contribution in [1.29, 1.82) is 0 Å². The Labute approximate surface area is 184 Å². The molecule has 0 aliphatic heterocycles. The molecule has 0 aliphatic rings. The molecular formula is C18H45FeO6P3. The molecular weight excluding hydrogens is 461 g/mol. The van der Waals surface area contributed by atoms with Crippen LogP contribution in [0.1, 0.15) is 80.1 Å². The monoisotopic (exact) mass is 506 g/mol. The molecule has 176 valence electrons. The van der Waals surface area contributed by atoms with Crippen molar-refractivity contribution < 1.29 is 45.4 Å². The van der Waals surface area contributed by atoms with Crippen LogP contribution in [0.5, 0.6) is 0 Å². The first-order valence-electron chi connectivity index (χ1n) is 10.3. The average Bonchev–Trinajstić information content (AvgIpc) is 2.47. The summed E-state index contributed by atoms with van der Waals surface area (Å²) >= 11 is 0. The van der Waals surface area contributed by atoms with Crippen LogP contribution in [0.25, 0.3) is 0 Å². The van der Waals surface area contributed by atoms with Gasteiger partial charge in [0.15, 0.2) is 0 Å². The first-order valence-corrected chi connectivity index (χ1v) is 16.4. The van der Waals surface area contributed by atoms with E-state index < -0.39 is 22.1 Å².